The van der Waals surface area contributed by atoms with E-state index in [1.54, 1.807) is 6.07 Å². The summed E-state index contributed by atoms with van der Waals surface area (Å²) in [6.45, 7) is 3.72. The van der Waals surface area contributed by atoms with Crippen molar-refractivity contribution in [3.63, 3.8) is 0 Å². The van der Waals surface area contributed by atoms with Crippen molar-refractivity contribution in [3.8, 4) is 11.5 Å². The molecule has 0 bridgehead atoms. The summed E-state index contributed by atoms with van der Waals surface area (Å²) in [5, 5.41) is 30.1. The SMILES string of the molecule is Cc1ccc(C)c(Oc2cc(NC(=O)c3cc([N+](=O)[O-])[nH]n3)cc([N+](=O)[O-])c2)c1. The number of nitrogens with zero attached hydrogens (tertiary/aromatic N) is 3. The lowest BCUT2D eigenvalue weighted by molar-refractivity contribution is -0.389. The van der Waals surface area contributed by atoms with Gasteiger partial charge in [0, 0.05) is 12.1 Å². The van der Waals surface area contributed by atoms with Gasteiger partial charge in [-0.05, 0) is 36.0 Å². The quantitative estimate of drug-likeness (QED) is 0.472. The predicted molar refractivity (Wildman–Crippen MR) is 102 cm³/mol. The van der Waals surface area contributed by atoms with Gasteiger partial charge in [0.25, 0.3) is 11.6 Å². The Labute approximate surface area is 163 Å². The van der Waals surface area contributed by atoms with Crippen molar-refractivity contribution >= 4 is 23.1 Å². The van der Waals surface area contributed by atoms with E-state index in [1.807, 2.05) is 26.0 Å². The summed E-state index contributed by atoms with van der Waals surface area (Å²) < 4.78 is 5.78. The predicted octanol–water partition coefficient (Wildman–Crippen LogP) is 3.89. The van der Waals surface area contributed by atoms with Crippen LogP contribution < -0.4 is 10.1 Å². The molecule has 0 saturated carbocycles. The summed E-state index contributed by atoms with van der Waals surface area (Å²) >= 11 is 0. The van der Waals surface area contributed by atoms with Crippen molar-refractivity contribution in [3.05, 3.63) is 79.5 Å². The number of anilines is 1. The van der Waals surface area contributed by atoms with Crippen LogP contribution in [-0.4, -0.2) is 26.0 Å². The molecule has 0 saturated heterocycles. The number of carbonyl (C=O) groups excluding carboxylic acids is 1. The first-order valence-corrected chi connectivity index (χ1v) is 8.28. The molecule has 0 aliphatic rings. The van der Waals surface area contributed by atoms with Gasteiger partial charge in [-0.15, -0.1) is 5.10 Å². The molecule has 0 aliphatic heterocycles. The van der Waals surface area contributed by atoms with Crippen LogP contribution in [0.15, 0.2) is 42.5 Å². The molecule has 0 fully saturated rings. The lowest BCUT2D eigenvalue weighted by Crippen LogP contribution is -2.12. The number of aromatic amines is 1. The molecule has 2 N–H and O–H groups in total. The minimum atomic E-state index is -0.771. The average molecular weight is 397 g/mol. The van der Waals surface area contributed by atoms with Crippen molar-refractivity contribution in [2.75, 3.05) is 5.32 Å². The fourth-order valence-corrected chi connectivity index (χ4v) is 2.48. The Hall–Kier alpha value is -4.28. The van der Waals surface area contributed by atoms with Crippen LogP contribution in [-0.2, 0) is 0 Å². The number of rotatable bonds is 6. The van der Waals surface area contributed by atoms with Crippen molar-refractivity contribution in [2.45, 2.75) is 13.8 Å². The van der Waals surface area contributed by atoms with Crippen molar-refractivity contribution in [2.24, 2.45) is 0 Å². The summed E-state index contributed by atoms with van der Waals surface area (Å²) in [6, 6.07) is 10.3. The van der Waals surface area contributed by atoms with Gasteiger partial charge < -0.3 is 20.2 Å². The van der Waals surface area contributed by atoms with Gasteiger partial charge in [-0.25, -0.2) is 0 Å². The van der Waals surface area contributed by atoms with Gasteiger partial charge in [-0.2, -0.15) is 0 Å². The number of hydrogen-bond donors (Lipinski definition) is 2. The number of nitrogens with one attached hydrogen (secondary N) is 2. The Morgan fingerprint density at radius 1 is 1.07 bits per heavy atom. The van der Waals surface area contributed by atoms with Crippen molar-refractivity contribution < 1.29 is 19.4 Å². The molecule has 0 radical (unpaired) electrons. The van der Waals surface area contributed by atoms with Crippen LogP contribution in [0.4, 0.5) is 17.2 Å². The highest BCUT2D eigenvalue weighted by molar-refractivity contribution is 6.03. The second kappa shape index (κ2) is 7.76. The average Bonchev–Trinajstić information content (AvgIpc) is 3.15. The van der Waals surface area contributed by atoms with Crippen LogP contribution in [0, 0.1) is 34.1 Å². The Bertz CT molecular complexity index is 1120. The molecule has 29 heavy (non-hydrogen) atoms. The highest BCUT2D eigenvalue weighted by Gasteiger charge is 2.19. The maximum Gasteiger partial charge on any atom is 0.343 e. The van der Waals surface area contributed by atoms with Crippen LogP contribution >= 0.6 is 0 Å². The van der Waals surface area contributed by atoms with E-state index in [2.05, 4.69) is 15.5 Å². The van der Waals surface area contributed by atoms with E-state index in [9.17, 15) is 25.0 Å². The van der Waals surface area contributed by atoms with Crippen LogP contribution in [0.1, 0.15) is 21.6 Å². The van der Waals surface area contributed by atoms with Gasteiger partial charge in [0.15, 0.2) is 5.69 Å². The van der Waals surface area contributed by atoms with Gasteiger partial charge in [0.1, 0.15) is 11.5 Å². The van der Waals surface area contributed by atoms with Gasteiger partial charge >= 0.3 is 5.82 Å². The number of non-ortho nitro benzene ring substituents is 1. The zero-order valence-electron chi connectivity index (χ0n) is 15.3. The minimum absolute atomic E-state index is 0.0789. The monoisotopic (exact) mass is 397 g/mol. The number of amides is 1. The minimum Gasteiger partial charge on any atom is -0.457 e. The molecule has 148 valence electrons. The van der Waals surface area contributed by atoms with E-state index in [-0.39, 0.29) is 22.8 Å². The molecule has 1 heterocycles. The number of nitro groups is 2. The number of H-pyrrole nitrogens is 1. The van der Waals surface area contributed by atoms with Crippen LogP contribution in [0.2, 0.25) is 0 Å². The molecule has 3 rings (SSSR count). The van der Waals surface area contributed by atoms with E-state index in [0.29, 0.717) is 5.75 Å². The Balaban J connectivity index is 1.90. The molecule has 3 aromatic rings. The third-order valence-electron chi connectivity index (χ3n) is 3.93. The van der Waals surface area contributed by atoms with E-state index in [0.717, 1.165) is 23.3 Å². The normalized spacial score (nSPS) is 10.4. The smallest absolute Gasteiger partial charge is 0.343 e. The van der Waals surface area contributed by atoms with E-state index >= 15 is 0 Å². The maximum absolute atomic E-state index is 12.3. The summed E-state index contributed by atoms with van der Waals surface area (Å²) in [4.78, 5) is 32.9. The molecule has 11 nitrogen and oxygen atoms in total. The molecule has 0 atom stereocenters. The number of benzene rings is 2. The molecular weight excluding hydrogens is 382 g/mol. The molecule has 0 unspecified atom stereocenters. The first-order chi connectivity index (χ1) is 13.7. The summed E-state index contributed by atoms with van der Waals surface area (Å²) in [5.74, 6) is -0.553. The summed E-state index contributed by atoms with van der Waals surface area (Å²) in [7, 11) is 0. The fourth-order valence-electron chi connectivity index (χ4n) is 2.48. The lowest BCUT2D eigenvalue weighted by Gasteiger charge is -2.11. The van der Waals surface area contributed by atoms with Crippen LogP contribution in [0.3, 0.4) is 0 Å². The summed E-state index contributed by atoms with van der Waals surface area (Å²) in [6.07, 6.45) is 0. The molecule has 1 aromatic heterocycles. The second-order valence-electron chi connectivity index (χ2n) is 6.19. The first kappa shape index (κ1) is 19.5. The zero-order chi connectivity index (χ0) is 21.1. The van der Waals surface area contributed by atoms with E-state index in [1.165, 1.54) is 12.1 Å². The Kier molecular flexibility index (Phi) is 5.21. The highest BCUT2D eigenvalue weighted by atomic mass is 16.6. The van der Waals surface area contributed by atoms with Crippen LogP contribution in [0.25, 0.3) is 0 Å². The number of hydrogen-bond acceptors (Lipinski definition) is 7. The number of aromatic nitrogens is 2. The molecule has 1 amide bonds. The topological polar surface area (TPSA) is 153 Å². The van der Waals surface area contributed by atoms with Gasteiger partial charge in [-0.3, -0.25) is 14.9 Å². The first-order valence-electron chi connectivity index (χ1n) is 8.28. The third-order valence-corrected chi connectivity index (χ3v) is 3.93. The summed E-state index contributed by atoms with van der Waals surface area (Å²) in [5.41, 5.74) is 1.33. The fraction of sp³-hybridized carbons (Fsp3) is 0.111. The van der Waals surface area contributed by atoms with E-state index < -0.39 is 21.6 Å². The van der Waals surface area contributed by atoms with Gasteiger partial charge in [0.05, 0.1) is 22.7 Å². The zero-order valence-corrected chi connectivity index (χ0v) is 15.3. The standard InChI is InChI=1S/C18H15N5O6/c1-10-3-4-11(2)16(5-10)29-14-7-12(6-13(8-14)22(25)26)19-18(24)15-9-17(21-20-15)23(27)28/h3-9H,1-2H3,(H,19,24)(H,20,21). The van der Waals surface area contributed by atoms with Crippen molar-refractivity contribution in [1.29, 1.82) is 0 Å². The largest absolute Gasteiger partial charge is 0.457 e. The Morgan fingerprint density at radius 2 is 1.83 bits per heavy atom. The molecule has 2 aromatic carbocycles. The number of carbonyl (C=O) groups is 1. The number of nitro benzene ring substituents is 1. The third kappa shape index (κ3) is 4.53. The maximum atomic E-state index is 12.3. The molecule has 0 aliphatic carbocycles. The number of ether oxygens (including phenoxy) is 1. The van der Waals surface area contributed by atoms with E-state index in [4.69, 9.17) is 4.74 Å². The lowest BCUT2D eigenvalue weighted by atomic mass is 10.1. The second-order valence-corrected chi connectivity index (χ2v) is 6.19. The molecule has 11 heteroatoms. The number of aryl methyl sites for hydroxylation is 2. The Morgan fingerprint density at radius 3 is 2.48 bits per heavy atom. The van der Waals surface area contributed by atoms with Crippen LogP contribution in [0.5, 0.6) is 11.5 Å². The van der Waals surface area contributed by atoms with Gasteiger partial charge in [-0.1, -0.05) is 17.2 Å². The van der Waals surface area contributed by atoms with Crippen molar-refractivity contribution in [1.82, 2.24) is 10.2 Å². The molecule has 0 spiro atoms. The highest BCUT2D eigenvalue weighted by Crippen LogP contribution is 2.32. The van der Waals surface area contributed by atoms with Gasteiger partial charge in [0.2, 0.25) is 0 Å². The molecular formula is C18H15N5O6.